The first-order valence-electron chi connectivity index (χ1n) is 9.21. The molecule has 1 aliphatic rings. The summed E-state index contributed by atoms with van der Waals surface area (Å²) < 4.78 is 27.7. The Labute approximate surface area is 172 Å². The maximum absolute atomic E-state index is 14.4. The second-order valence-corrected chi connectivity index (χ2v) is 7.40. The molecule has 0 heterocycles. The molecule has 3 rings (SSSR count). The second-order valence-electron chi connectivity index (χ2n) is 7.40. The smallest absolute Gasteiger partial charge is 0.358 e. The summed E-state index contributed by atoms with van der Waals surface area (Å²) in [5.74, 6) is 3.19. The molecule has 0 aromatic heterocycles. The summed E-state index contributed by atoms with van der Waals surface area (Å²) in [4.78, 5) is 21.5. The van der Waals surface area contributed by atoms with Crippen molar-refractivity contribution in [2.75, 3.05) is 7.11 Å². The Kier molecular flexibility index (Phi) is 5.89. The number of aliphatic carboxylic acids is 1. The maximum Gasteiger partial charge on any atom is 0.358 e. The zero-order chi connectivity index (χ0) is 22.1. The number of carboxylic acid groups (broad SMARTS) is 1. The predicted molar refractivity (Wildman–Crippen MR) is 107 cm³/mol. The normalized spacial score (nSPS) is 21.7. The van der Waals surface area contributed by atoms with Crippen molar-refractivity contribution < 1.29 is 28.4 Å². The Hall–Kier alpha value is -3.26. The van der Waals surface area contributed by atoms with Gasteiger partial charge in [-0.2, -0.15) is 5.90 Å². The monoisotopic (exact) mass is 416 g/mol. The van der Waals surface area contributed by atoms with Crippen LogP contribution in [-0.2, 0) is 19.9 Å². The fourth-order valence-electron chi connectivity index (χ4n) is 3.96. The molecule has 6 nitrogen and oxygen atoms in total. The summed E-state index contributed by atoms with van der Waals surface area (Å²) in [6, 6.07) is 10.1. The molecule has 8 heteroatoms. The number of nitrogens with two attached hydrogens (primary N) is 1. The highest BCUT2D eigenvalue weighted by molar-refractivity contribution is 6.43. The van der Waals surface area contributed by atoms with E-state index in [1.807, 2.05) is 6.92 Å². The Balaban J connectivity index is 2.07. The lowest BCUT2D eigenvalue weighted by molar-refractivity contribution is -0.129. The van der Waals surface area contributed by atoms with Gasteiger partial charge in [0.2, 0.25) is 0 Å². The van der Waals surface area contributed by atoms with E-state index in [4.69, 9.17) is 10.7 Å². The standard InChI is InChI=1S/C22H22F2N2O4/c1-12(17-11-22(17,2)16-9-8-13(23)10-18(16)24)20(30-25)15-7-5-4-6-14(15)19(21(27)28)26-29-3/h4-10,17H,11,25H2,1-3H3,(H,27,28). The van der Waals surface area contributed by atoms with Crippen molar-refractivity contribution >= 4 is 17.4 Å². The number of oxime groups is 1. The van der Waals surface area contributed by atoms with Gasteiger partial charge >= 0.3 is 5.97 Å². The molecule has 30 heavy (non-hydrogen) atoms. The number of benzene rings is 2. The Morgan fingerprint density at radius 3 is 2.47 bits per heavy atom. The molecule has 0 aliphatic heterocycles. The van der Waals surface area contributed by atoms with Crippen LogP contribution in [0, 0.1) is 17.6 Å². The van der Waals surface area contributed by atoms with Gasteiger partial charge in [0.1, 0.15) is 18.7 Å². The molecule has 0 bridgehead atoms. The first-order chi connectivity index (χ1) is 14.2. The van der Waals surface area contributed by atoms with Crippen LogP contribution >= 0.6 is 0 Å². The molecule has 1 saturated carbocycles. The van der Waals surface area contributed by atoms with Gasteiger partial charge in [0, 0.05) is 22.6 Å². The number of hydrogen-bond donors (Lipinski definition) is 2. The summed E-state index contributed by atoms with van der Waals surface area (Å²) in [6.45, 7) is 3.68. The van der Waals surface area contributed by atoms with Crippen LogP contribution in [-0.4, -0.2) is 23.9 Å². The molecular formula is C22H22F2N2O4. The Morgan fingerprint density at radius 1 is 1.23 bits per heavy atom. The molecule has 0 amide bonds. The van der Waals surface area contributed by atoms with E-state index >= 15 is 0 Å². The summed E-state index contributed by atoms with van der Waals surface area (Å²) in [7, 11) is 1.25. The molecule has 0 radical (unpaired) electrons. The number of rotatable bonds is 7. The summed E-state index contributed by atoms with van der Waals surface area (Å²) in [5, 5.41) is 13.1. The molecule has 0 spiro atoms. The van der Waals surface area contributed by atoms with Crippen LogP contribution < -0.4 is 5.90 Å². The first kappa shape index (κ1) is 21.4. The van der Waals surface area contributed by atoms with Crippen LogP contribution in [0.2, 0.25) is 0 Å². The third-order valence-electron chi connectivity index (χ3n) is 5.59. The number of halogens is 2. The highest BCUT2D eigenvalue weighted by Crippen LogP contribution is 2.59. The van der Waals surface area contributed by atoms with Crippen LogP contribution in [0.5, 0.6) is 0 Å². The highest BCUT2D eigenvalue weighted by atomic mass is 19.1. The van der Waals surface area contributed by atoms with E-state index in [0.29, 0.717) is 17.5 Å². The lowest BCUT2D eigenvalue weighted by atomic mass is 9.90. The van der Waals surface area contributed by atoms with Gasteiger partial charge in [0.05, 0.1) is 0 Å². The van der Waals surface area contributed by atoms with E-state index in [-0.39, 0.29) is 23.0 Å². The highest BCUT2D eigenvalue weighted by Gasteiger charge is 2.54. The molecular weight excluding hydrogens is 394 g/mol. The van der Waals surface area contributed by atoms with Crippen LogP contribution in [0.15, 0.2) is 53.2 Å². The third-order valence-corrected chi connectivity index (χ3v) is 5.59. The van der Waals surface area contributed by atoms with E-state index in [2.05, 4.69) is 9.99 Å². The average molecular weight is 416 g/mol. The Bertz CT molecular complexity index is 1050. The van der Waals surface area contributed by atoms with E-state index in [0.717, 1.165) is 11.6 Å². The van der Waals surface area contributed by atoms with E-state index in [1.165, 1.54) is 19.2 Å². The van der Waals surface area contributed by atoms with Gasteiger partial charge < -0.3 is 14.8 Å². The zero-order valence-corrected chi connectivity index (χ0v) is 16.8. The molecule has 158 valence electrons. The third kappa shape index (κ3) is 3.78. The fraction of sp³-hybridized carbons (Fsp3) is 0.273. The van der Waals surface area contributed by atoms with E-state index in [1.54, 1.807) is 31.2 Å². The van der Waals surface area contributed by atoms with Gasteiger partial charge in [-0.3, -0.25) is 0 Å². The molecule has 1 fully saturated rings. The van der Waals surface area contributed by atoms with Gasteiger partial charge in [-0.05, 0) is 36.5 Å². The van der Waals surface area contributed by atoms with Gasteiger partial charge in [0.15, 0.2) is 11.5 Å². The quantitative estimate of drug-likeness (QED) is 0.404. The lowest BCUT2D eigenvalue weighted by Gasteiger charge is -2.17. The number of carboxylic acids is 1. The number of hydrogen-bond acceptors (Lipinski definition) is 5. The van der Waals surface area contributed by atoms with Crippen molar-refractivity contribution in [3.63, 3.8) is 0 Å². The molecule has 2 aromatic rings. The summed E-state index contributed by atoms with van der Waals surface area (Å²) in [5.41, 5.74) is 0.949. The van der Waals surface area contributed by atoms with Crippen molar-refractivity contribution in [1.82, 2.24) is 0 Å². The van der Waals surface area contributed by atoms with E-state index < -0.39 is 23.0 Å². The molecule has 1 aliphatic carbocycles. The Morgan fingerprint density at radius 2 is 1.90 bits per heavy atom. The average Bonchev–Trinajstić information content (AvgIpc) is 3.39. The van der Waals surface area contributed by atoms with Gasteiger partial charge in [0.25, 0.3) is 0 Å². The van der Waals surface area contributed by atoms with Crippen molar-refractivity contribution in [1.29, 1.82) is 0 Å². The van der Waals surface area contributed by atoms with Crippen LogP contribution in [0.25, 0.3) is 5.76 Å². The molecule has 0 saturated heterocycles. The minimum atomic E-state index is -1.28. The van der Waals surface area contributed by atoms with Crippen molar-refractivity contribution in [3.05, 3.63) is 76.4 Å². The van der Waals surface area contributed by atoms with Gasteiger partial charge in [-0.25, -0.2) is 13.6 Å². The number of allylic oxidation sites excluding steroid dienone is 1. The van der Waals surface area contributed by atoms with Crippen LogP contribution in [0.4, 0.5) is 8.78 Å². The first-order valence-corrected chi connectivity index (χ1v) is 9.21. The number of nitrogens with zero attached hydrogens (tertiary/aromatic N) is 1. The topological polar surface area (TPSA) is 94.1 Å². The molecule has 2 unspecified atom stereocenters. The summed E-state index contributed by atoms with van der Waals surface area (Å²) in [6.07, 6.45) is 0.606. The fourth-order valence-corrected chi connectivity index (χ4v) is 3.96. The minimum Gasteiger partial charge on any atom is -0.476 e. The van der Waals surface area contributed by atoms with Gasteiger partial charge in [-0.15, -0.1) is 0 Å². The molecule has 2 atom stereocenters. The van der Waals surface area contributed by atoms with Crippen molar-refractivity contribution in [2.45, 2.75) is 25.7 Å². The van der Waals surface area contributed by atoms with Crippen LogP contribution in [0.1, 0.15) is 37.0 Å². The second kappa shape index (κ2) is 8.23. The number of carbonyl (C=O) groups is 1. The maximum atomic E-state index is 14.4. The molecule has 2 aromatic carbocycles. The predicted octanol–water partition coefficient (Wildman–Crippen LogP) is 4.00. The summed E-state index contributed by atoms with van der Waals surface area (Å²) >= 11 is 0. The molecule has 3 N–H and O–H groups in total. The van der Waals surface area contributed by atoms with Crippen molar-refractivity contribution in [2.24, 2.45) is 17.0 Å². The van der Waals surface area contributed by atoms with Crippen molar-refractivity contribution in [3.8, 4) is 0 Å². The lowest BCUT2D eigenvalue weighted by Crippen LogP contribution is -2.18. The SMILES string of the molecule is CON=C(C(=O)O)c1ccccc1C(ON)=C(C)C1CC1(C)c1ccc(F)cc1F. The van der Waals surface area contributed by atoms with E-state index in [9.17, 15) is 18.7 Å². The minimum absolute atomic E-state index is 0.128. The van der Waals surface area contributed by atoms with Gasteiger partial charge in [-0.1, -0.05) is 42.4 Å². The largest absolute Gasteiger partial charge is 0.476 e. The van der Waals surface area contributed by atoms with Crippen LogP contribution in [0.3, 0.4) is 0 Å². The zero-order valence-electron chi connectivity index (χ0n) is 16.8.